The summed E-state index contributed by atoms with van der Waals surface area (Å²) >= 11 is 0. The van der Waals surface area contributed by atoms with Crippen molar-refractivity contribution in [1.82, 2.24) is 5.32 Å². The number of fused-ring (bicyclic) bond motifs is 1. The molecule has 0 saturated heterocycles. The third-order valence-corrected chi connectivity index (χ3v) is 7.93. The van der Waals surface area contributed by atoms with Gasteiger partial charge in [-0.3, -0.25) is 9.87 Å². The Labute approximate surface area is 178 Å². The molecule has 0 saturated carbocycles. The lowest BCUT2D eigenvalue weighted by atomic mass is 9.88. The van der Waals surface area contributed by atoms with Crippen LogP contribution in [0.5, 0.6) is 5.75 Å². The number of nitrogens with one attached hydrogen (secondary N) is 1. The highest BCUT2D eigenvalue weighted by Crippen LogP contribution is 2.39. The highest BCUT2D eigenvalue weighted by Gasteiger charge is 2.42. The van der Waals surface area contributed by atoms with Crippen molar-refractivity contribution in [2.75, 3.05) is 5.75 Å². The highest BCUT2D eigenvalue weighted by atomic mass is 32.3. The van der Waals surface area contributed by atoms with Crippen LogP contribution in [0, 0.1) is 0 Å². The second kappa shape index (κ2) is 8.66. The van der Waals surface area contributed by atoms with Gasteiger partial charge in [0, 0.05) is 11.6 Å². The van der Waals surface area contributed by atoms with E-state index in [1.54, 1.807) is 6.07 Å². The fourth-order valence-corrected chi connectivity index (χ4v) is 6.51. The fourth-order valence-electron chi connectivity index (χ4n) is 4.01. The standard InChI is InChI=1S/C21H27NO6S2/c1-3-5-13-21(4-2)15-29(23,24)19-14-17(28-30(25,26)27)11-12-18(19)20(22-21)16-9-7-6-8-10-16/h6-12,14,20,22H,3-5,13,15H2,1-2H3,(H,25,26,27)/t20-,21-/m1/s1. The number of hydrogen-bond acceptors (Lipinski definition) is 6. The molecule has 7 nitrogen and oxygen atoms in total. The summed E-state index contributed by atoms with van der Waals surface area (Å²) in [6.07, 6.45) is 3.15. The summed E-state index contributed by atoms with van der Waals surface area (Å²) in [4.78, 5) is 0.0110. The predicted octanol–water partition coefficient (Wildman–Crippen LogP) is 3.67. The van der Waals surface area contributed by atoms with Gasteiger partial charge in [-0.2, -0.15) is 8.42 Å². The van der Waals surface area contributed by atoms with E-state index in [2.05, 4.69) is 16.4 Å². The van der Waals surface area contributed by atoms with E-state index in [1.165, 1.54) is 12.1 Å². The normalized spacial score (nSPS) is 23.4. The Morgan fingerprint density at radius 3 is 2.47 bits per heavy atom. The molecule has 0 unspecified atom stereocenters. The zero-order valence-corrected chi connectivity index (χ0v) is 18.7. The second-order valence-electron chi connectivity index (χ2n) is 7.70. The third kappa shape index (κ3) is 5.03. The lowest BCUT2D eigenvalue weighted by molar-refractivity contribution is 0.295. The molecule has 2 atom stereocenters. The Bertz CT molecular complexity index is 1100. The smallest absolute Gasteiger partial charge is 0.362 e. The summed E-state index contributed by atoms with van der Waals surface area (Å²) in [5.41, 5.74) is 0.808. The monoisotopic (exact) mass is 453 g/mol. The topological polar surface area (TPSA) is 110 Å². The van der Waals surface area contributed by atoms with Gasteiger partial charge in [-0.1, -0.05) is 63.1 Å². The molecular formula is C21H27NO6S2. The van der Waals surface area contributed by atoms with E-state index in [-0.39, 0.29) is 16.4 Å². The fraction of sp³-hybridized carbons (Fsp3) is 0.429. The van der Waals surface area contributed by atoms with Crippen LogP contribution in [0.3, 0.4) is 0 Å². The van der Waals surface area contributed by atoms with Gasteiger partial charge in [-0.05, 0) is 30.0 Å². The van der Waals surface area contributed by atoms with Gasteiger partial charge in [0.15, 0.2) is 9.84 Å². The molecule has 0 bridgehead atoms. The van der Waals surface area contributed by atoms with Crippen LogP contribution in [0.2, 0.25) is 0 Å². The Morgan fingerprint density at radius 2 is 1.87 bits per heavy atom. The van der Waals surface area contributed by atoms with Gasteiger partial charge in [0.05, 0.1) is 16.7 Å². The molecule has 1 aliphatic rings. The number of rotatable bonds is 7. The molecule has 0 aliphatic carbocycles. The van der Waals surface area contributed by atoms with Gasteiger partial charge in [-0.25, -0.2) is 8.42 Å². The van der Waals surface area contributed by atoms with Gasteiger partial charge in [0.1, 0.15) is 5.75 Å². The van der Waals surface area contributed by atoms with Gasteiger partial charge >= 0.3 is 10.4 Å². The van der Waals surface area contributed by atoms with Crippen molar-refractivity contribution in [2.24, 2.45) is 0 Å². The average Bonchev–Trinajstić information content (AvgIpc) is 2.79. The van der Waals surface area contributed by atoms with Crippen LogP contribution < -0.4 is 9.50 Å². The number of sulfone groups is 1. The molecule has 0 aromatic heterocycles. The molecule has 2 aromatic carbocycles. The minimum atomic E-state index is -4.77. The van der Waals surface area contributed by atoms with Crippen LogP contribution in [0.1, 0.15) is 56.7 Å². The largest absolute Gasteiger partial charge is 0.446 e. The molecule has 0 amide bonds. The van der Waals surface area contributed by atoms with E-state index in [4.69, 9.17) is 4.55 Å². The van der Waals surface area contributed by atoms with Crippen molar-refractivity contribution < 1.29 is 25.6 Å². The van der Waals surface area contributed by atoms with Crippen LogP contribution in [-0.2, 0) is 20.2 Å². The number of hydrogen-bond donors (Lipinski definition) is 2. The zero-order chi connectivity index (χ0) is 22.0. The van der Waals surface area contributed by atoms with Crippen LogP contribution in [0.15, 0.2) is 53.4 Å². The maximum Gasteiger partial charge on any atom is 0.446 e. The maximum atomic E-state index is 13.4. The molecule has 0 radical (unpaired) electrons. The average molecular weight is 454 g/mol. The van der Waals surface area contributed by atoms with E-state index in [0.29, 0.717) is 18.4 Å². The molecule has 0 spiro atoms. The molecule has 1 heterocycles. The third-order valence-electron chi connectivity index (χ3n) is 5.57. The number of benzene rings is 2. The van der Waals surface area contributed by atoms with Crippen LogP contribution in [0.25, 0.3) is 0 Å². The van der Waals surface area contributed by atoms with Crippen molar-refractivity contribution >= 4 is 20.2 Å². The second-order valence-corrected chi connectivity index (χ2v) is 10.7. The van der Waals surface area contributed by atoms with E-state index in [1.807, 2.05) is 37.3 Å². The van der Waals surface area contributed by atoms with Crippen LogP contribution in [-0.4, -0.2) is 32.7 Å². The number of unbranched alkanes of at least 4 members (excludes halogenated alkanes) is 1. The predicted molar refractivity (Wildman–Crippen MR) is 115 cm³/mol. The Balaban J connectivity index is 2.20. The zero-order valence-electron chi connectivity index (χ0n) is 17.0. The first-order valence-corrected chi connectivity index (χ1v) is 13.0. The summed E-state index contributed by atoms with van der Waals surface area (Å²) in [6.45, 7) is 4.04. The first-order valence-electron chi connectivity index (χ1n) is 9.95. The van der Waals surface area contributed by atoms with Crippen molar-refractivity contribution in [2.45, 2.75) is 56.0 Å². The van der Waals surface area contributed by atoms with E-state index < -0.39 is 31.8 Å². The summed E-state index contributed by atoms with van der Waals surface area (Å²) in [6, 6.07) is 13.2. The van der Waals surface area contributed by atoms with E-state index in [9.17, 15) is 16.8 Å². The molecule has 164 valence electrons. The Morgan fingerprint density at radius 1 is 1.17 bits per heavy atom. The highest BCUT2D eigenvalue weighted by molar-refractivity contribution is 7.91. The van der Waals surface area contributed by atoms with Gasteiger partial charge < -0.3 is 4.18 Å². The SMILES string of the molecule is CCCC[C@]1(CC)CS(=O)(=O)c2cc(OS(=O)(=O)O)ccc2[C@@H](c2ccccc2)N1. The summed E-state index contributed by atoms with van der Waals surface area (Å²) in [5.74, 6) is -0.355. The van der Waals surface area contributed by atoms with Gasteiger partial charge in [0.25, 0.3) is 0 Å². The summed E-state index contributed by atoms with van der Waals surface area (Å²) in [5, 5.41) is 3.62. The van der Waals surface area contributed by atoms with Crippen molar-refractivity contribution in [3.8, 4) is 5.75 Å². The molecule has 0 fully saturated rings. The van der Waals surface area contributed by atoms with Crippen LogP contribution >= 0.6 is 0 Å². The lowest BCUT2D eigenvalue weighted by Crippen LogP contribution is -2.50. The van der Waals surface area contributed by atoms with Gasteiger partial charge in [-0.15, -0.1) is 0 Å². The quantitative estimate of drug-likeness (QED) is 0.616. The molecule has 1 aliphatic heterocycles. The molecule has 30 heavy (non-hydrogen) atoms. The lowest BCUT2D eigenvalue weighted by Gasteiger charge is -2.35. The van der Waals surface area contributed by atoms with E-state index >= 15 is 0 Å². The molecule has 3 rings (SSSR count). The summed E-state index contributed by atoms with van der Waals surface area (Å²) in [7, 11) is -8.53. The summed E-state index contributed by atoms with van der Waals surface area (Å²) < 4.78 is 62.6. The first-order chi connectivity index (χ1) is 14.1. The van der Waals surface area contributed by atoms with E-state index in [0.717, 1.165) is 18.4 Å². The minimum Gasteiger partial charge on any atom is -0.362 e. The van der Waals surface area contributed by atoms with Crippen molar-refractivity contribution in [3.63, 3.8) is 0 Å². The molecule has 9 heteroatoms. The Kier molecular flexibility index (Phi) is 6.57. The van der Waals surface area contributed by atoms with Crippen molar-refractivity contribution in [3.05, 3.63) is 59.7 Å². The minimum absolute atomic E-state index is 0.0110. The molecular weight excluding hydrogens is 426 g/mol. The van der Waals surface area contributed by atoms with Crippen LogP contribution in [0.4, 0.5) is 0 Å². The molecule has 2 N–H and O–H groups in total. The molecule has 2 aromatic rings. The van der Waals surface area contributed by atoms with Crippen molar-refractivity contribution in [1.29, 1.82) is 0 Å². The Hall–Kier alpha value is -1.94. The maximum absolute atomic E-state index is 13.4. The van der Waals surface area contributed by atoms with Gasteiger partial charge in [0.2, 0.25) is 0 Å². The first kappa shape index (κ1) is 22.7.